The van der Waals surface area contributed by atoms with Crippen LogP contribution in [0.1, 0.15) is 19.4 Å². The number of sulfone groups is 1. The topological polar surface area (TPSA) is 89.9 Å². The molecule has 0 aliphatic rings. The van der Waals surface area contributed by atoms with Crippen molar-refractivity contribution < 1.29 is 27.8 Å². The number of carbonyl (C=O) groups is 1. The minimum Gasteiger partial charge on any atom is -0.497 e. The molecule has 0 spiro atoms. The molecule has 0 aliphatic heterocycles. The first-order chi connectivity index (χ1) is 12.2. The lowest BCUT2D eigenvalue weighted by Gasteiger charge is -2.25. The fraction of sp³-hybridized carbons (Fsp3) is 0.316. The number of ether oxygens (including phenoxy) is 2. The highest BCUT2D eigenvalue weighted by molar-refractivity contribution is 7.93. The van der Waals surface area contributed by atoms with E-state index in [2.05, 4.69) is 0 Å². The van der Waals surface area contributed by atoms with E-state index in [9.17, 15) is 18.3 Å². The number of aliphatic carboxylic acids is 1. The van der Waals surface area contributed by atoms with Crippen LogP contribution in [-0.4, -0.2) is 38.0 Å². The molecular formula is C19H22O6S. The van der Waals surface area contributed by atoms with Gasteiger partial charge in [0, 0.05) is 6.42 Å². The summed E-state index contributed by atoms with van der Waals surface area (Å²) in [7, 11) is -2.68. The molecule has 2 rings (SSSR count). The average Bonchev–Trinajstić information content (AvgIpc) is 2.62. The molecule has 1 N–H and O–H groups in total. The van der Waals surface area contributed by atoms with Crippen LogP contribution in [-0.2, 0) is 21.1 Å². The zero-order chi connectivity index (χ0) is 19.4. The maximum absolute atomic E-state index is 13.1. The Kier molecular flexibility index (Phi) is 5.92. The van der Waals surface area contributed by atoms with Gasteiger partial charge in [0.05, 0.1) is 18.6 Å². The van der Waals surface area contributed by atoms with Crippen molar-refractivity contribution in [2.75, 3.05) is 13.7 Å². The third-order valence-electron chi connectivity index (χ3n) is 4.17. The molecule has 0 aliphatic carbocycles. The molecule has 140 valence electrons. The molecule has 0 radical (unpaired) electrons. The Hall–Kier alpha value is -2.54. The Bertz CT molecular complexity index is 873. The van der Waals surface area contributed by atoms with Crippen LogP contribution in [0.2, 0.25) is 0 Å². The van der Waals surface area contributed by atoms with E-state index in [1.807, 2.05) is 6.92 Å². The van der Waals surface area contributed by atoms with Crippen LogP contribution in [0.15, 0.2) is 53.4 Å². The Morgan fingerprint density at radius 1 is 1.12 bits per heavy atom. The van der Waals surface area contributed by atoms with Gasteiger partial charge in [-0.05, 0) is 55.8 Å². The summed E-state index contributed by atoms with van der Waals surface area (Å²) in [4.78, 5) is 11.9. The summed E-state index contributed by atoms with van der Waals surface area (Å²) < 4.78 is 34.5. The van der Waals surface area contributed by atoms with Crippen molar-refractivity contribution in [3.63, 3.8) is 0 Å². The number of rotatable bonds is 8. The van der Waals surface area contributed by atoms with Crippen LogP contribution >= 0.6 is 0 Å². The average molecular weight is 378 g/mol. The molecule has 0 amide bonds. The van der Waals surface area contributed by atoms with Crippen LogP contribution < -0.4 is 9.47 Å². The highest BCUT2D eigenvalue weighted by Crippen LogP contribution is 2.31. The fourth-order valence-electron chi connectivity index (χ4n) is 2.60. The third-order valence-corrected chi connectivity index (χ3v) is 6.56. The van der Waals surface area contributed by atoms with Gasteiger partial charge in [0.2, 0.25) is 0 Å². The van der Waals surface area contributed by atoms with Gasteiger partial charge in [-0.15, -0.1) is 0 Å². The molecule has 1 atom stereocenters. The van der Waals surface area contributed by atoms with E-state index < -0.39 is 20.6 Å². The van der Waals surface area contributed by atoms with Crippen LogP contribution in [0.3, 0.4) is 0 Å². The Morgan fingerprint density at radius 3 is 2.31 bits per heavy atom. The van der Waals surface area contributed by atoms with Crippen molar-refractivity contribution in [2.24, 2.45) is 0 Å². The molecule has 0 heterocycles. The monoisotopic (exact) mass is 378 g/mol. The summed E-state index contributed by atoms with van der Waals surface area (Å²) in [6, 6.07) is 12.5. The van der Waals surface area contributed by atoms with Gasteiger partial charge in [0.25, 0.3) is 0 Å². The predicted molar refractivity (Wildman–Crippen MR) is 97.5 cm³/mol. The Balaban J connectivity index is 2.44. The Labute approximate surface area is 153 Å². The largest absolute Gasteiger partial charge is 0.497 e. The molecular weight excluding hydrogens is 356 g/mol. The summed E-state index contributed by atoms with van der Waals surface area (Å²) in [5.41, 5.74) is 0.568. The molecule has 2 aromatic carbocycles. The second-order valence-electron chi connectivity index (χ2n) is 5.97. The first-order valence-electron chi connectivity index (χ1n) is 8.08. The van der Waals surface area contributed by atoms with Gasteiger partial charge in [-0.2, -0.15) is 0 Å². The molecule has 6 nitrogen and oxygen atoms in total. The van der Waals surface area contributed by atoms with Crippen LogP contribution in [0.25, 0.3) is 0 Å². The summed E-state index contributed by atoms with van der Waals surface area (Å²) in [6.07, 6.45) is -0.183. The number of benzene rings is 2. The highest BCUT2D eigenvalue weighted by Gasteiger charge is 2.47. The van der Waals surface area contributed by atoms with Crippen molar-refractivity contribution in [1.29, 1.82) is 0 Å². The maximum atomic E-state index is 13.1. The van der Waals surface area contributed by atoms with E-state index in [0.29, 0.717) is 23.7 Å². The van der Waals surface area contributed by atoms with Crippen molar-refractivity contribution in [3.8, 4) is 11.5 Å². The molecule has 26 heavy (non-hydrogen) atoms. The van der Waals surface area contributed by atoms with Gasteiger partial charge in [0.1, 0.15) is 11.5 Å². The number of carboxylic acids is 1. The summed E-state index contributed by atoms with van der Waals surface area (Å²) in [6.45, 7) is 3.52. The molecule has 2 aromatic rings. The molecule has 0 bridgehead atoms. The van der Waals surface area contributed by atoms with Crippen LogP contribution in [0, 0.1) is 0 Å². The first kappa shape index (κ1) is 19.8. The number of hydrogen-bond acceptors (Lipinski definition) is 5. The van der Waals surface area contributed by atoms with Gasteiger partial charge in [0.15, 0.2) is 14.6 Å². The second-order valence-corrected chi connectivity index (χ2v) is 8.35. The number of hydrogen-bond donors (Lipinski definition) is 1. The molecule has 0 fully saturated rings. The van der Waals surface area contributed by atoms with E-state index in [1.54, 1.807) is 24.3 Å². The van der Waals surface area contributed by atoms with Crippen molar-refractivity contribution in [1.82, 2.24) is 0 Å². The minimum absolute atomic E-state index is 0.0656. The predicted octanol–water partition coefficient (Wildman–Crippen LogP) is 2.95. The summed E-state index contributed by atoms with van der Waals surface area (Å²) in [5.74, 6) is -0.347. The number of carboxylic acid groups (broad SMARTS) is 1. The van der Waals surface area contributed by atoms with Gasteiger partial charge >= 0.3 is 5.97 Å². The molecule has 7 heteroatoms. The fourth-order valence-corrected chi connectivity index (χ4v) is 4.20. The lowest BCUT2D eigenvalue weighted by atomic mass is 10.0. The van der Waals surface area contributed by atoms with Gasteiger partial charge in [-0.1, -0.05) is 12.1 Å². The quantitative estimate of drug-likeness (QED) is 0.760. The van der Waals surface area contributed by atoms with Crippen molar-refractivity contribution in [2.45, 2.75) is 29.9 Å². The van der Waals surface area contributed by atoms with Gasteiger partial charge in [-0.25, -0.2) is 8.42 Å². The minimum atomic E-state index is -4.14. The van der Waals surface area contributed by atoms with E-state index in [0.717, 1.165) is 0 Å². The molecule has 1 unspecified atom stereocenters. The van der Waals surface area contributed by atoms with Crippen molar-refractivity contribution >= 4 is 15.8 Å². The maximum Gasteiger partial charge on any atom is 0.325 e. The van der Waals surface area contributed by atoms with E-state index in [4.69, 9.17) is 9.47 Å². The van der Waals surface area contributed by atoms with Gasteiger partial charge in [-0.3, -0.25) is 4.79 Å². The lowest BCUT2D eigenvalue weighted by Crippen LogP contribution is -2.45. The zero-order valence-electron chi connectivity index (χ0n) is 14.9. The lowest BCUT2D eigenvalue weighted by molar-refractivity contribution is -0.139. The normalized spacial score (nSPS) is 13.7. The summed E-state index contributed by atoms with van der Waals surface area (Å²) in [5, 5.41) is 9.73. The van der Waals surface area contributed by atoms with E-state index in [1.165, 1.54) is 38.3 Å². The smallest absolute Gasteiger partial charge is 0.325 e. The summed E-state index contributed by atoms with van der Waals surface area (Å²) >= 11 is 0. The molecule has 0 saturated carbocycles. The standard InChI is InChI=1S/C19H22O6S/c1-4-25-16-7-5-6-14(12-16)13-19(2,18(20)21)26(22,23)17-10-8-15(24-3)9-11-17/h5-12H,4,13H2,1-3H3,(H,20,21). The van der Waals surface area contributed by atoms with Gasteiger partial charge < -0.3 is 14.6 Å². The number of methoxy groups -OCH3 is 1. The second kappa shape index (κ2) is 7.78. The highest BCUT2D eigenvalue weighted by atomic mass is 32.2. The van der Waals surface area contributed by atoms with Crippen LogP contribution in [0.5, 0.6) is 11.5 Å². The zero-order valence-corrected chi connectivity index (χ0v) is 15.7. The first-order valence-corrected chi connectivity index (χ1v) is 9.56. The molecule has 0 saturated heterocycles. The van der Waals surface area contributed by atoms with Crippen LogP contribution in [0.4, 0.5) is 0 Å². The SMILES string of the molecule is CCOc1cccc(CC(C)(C(=O)O)S(=O)(=O)c2ccc(OC)cc2)c1. The Morgan fingerprint density at radius 2 is 1.77 bits per heavy atom. The molecule has 0 aromatic heterocycles. The third kappa shape index (κ3) is 3.83. The van der Waals surface area contributed by atoms with E-state index >= 15 is 0 Å². The van der Waals surface area contributed by atoms with E-state index in [-0.39, 0.29) is 11.3 Å². The van der Waals surface area contributed by atoms with Crippen molar-refractivity contribution in [3.05, 3.63) is 54.1 Å².